The second-order valence-corrected chi connectivity index (χ2v) is 8.62. The van der Waals surface area contributed by atoms with Crippen molar-refractivity contribution in [1.82, 2.24) is 9.21 Å². The highest BCUT2D eigenvalue weighted by Crippen LogP contribution is 2.19. The largest absolute Gasteiger partial charge is 0.341 e. The van der Waals surface area contributed by atoms with Gasteiger partial charge in [0.05, 0.1) is 12.7 Å². The molecule has 0 spiro atoms. The van der Waals surface area contributed by atoms with E-state index in [1.807, 2.05) is 42.5 Å². The maximum absolute atomic E-state index is 12.6. The second kappa shape index (κ2) is 8.01. The SMILES string of the molecule is CS(=O)(=O)N1CCCN(C(=O)Cc2ccc(-c3ccccc3)cc2)CC1. The number of amides is 1. The standard InChI is InChI=1S/C20H24N2O3S/c1-26(24,25)22-13-5-12-21(14-15-22)20(23)16-17-8-10-19(11-9-17)18-6-3-2-4-7-18/h2-4,6-11H,5,12-16H2,1H3. The Morgan fingerprint density at radius 2 is 1.54 bits per heavy atom. The van der Waals surface area contributed by atoms with Crippen LogP contribution in [0.1, 0.15) is 12.0 Å². The Labute approximate surface area is 155 Å². The predicted octanol–water partition coefficient (Wildman–Crippen LogP) is 2.39. The first-order chi connectivity index (χ1) is 12.4. The van der Waals surface area contributed by atoms with E-state index < -0.39 is 10.0 Å². The Kier molecular flexibility index (Phi) is 5.74. The molecule has 5 nitrogen and oxygen atoms in total. The second-order valence-electron chi connectivity index (χ2n) is 6.64. The third kappa shape index (κ3) is 4.71. The van der Waals surface area contributed by atoms with Crippen LogP contribution < -0.4 is 0 Å². The minimum Gasteiger partial charge on any atom is -0.341 e. The van der Waals surface area contributed by atoms with Gasteiger partial charge < -0.3 is 4.90 Å². The van der Waals surface area contributed by atoms with Crippen molar-refractivity contribution in [3.63, 3.8) is 0 Å². The lowest BCUT2D eigenvalue weighted by Crippen LogP contribution is -2.37. The van der Waals surface area contributed by atoms with Gasteiger partial charge in [-0.3, -0.25) is 4.79 Å². The van der Waals surface area contributed by atoms with Gasteiger partial charge in [0, 0.05) is 26.2 Å². The molecule has 138 valence electrons. The minimum absolute atomic E-state index is 0.0489. The van der Waals surface area contributed by atoms with Gasteiger partial charge in [-0.25, -0.2) is 12.7 Å². The number of hydrogen-bond acceptors (Lipinski definition) is 3. The first-order valence-electron chi connectivity index (χ1n) is 8.81. The molecule has 1 aliphatic rings. The molecule has 0 saturated carbocycles. The maximum Gasteiger partial charge on any atom is 0.227 e. The summed E-state index contributed by atoms with van der Waals surface area (Å²) in [6.45, 7) is 1.91. The van der Waals surface area contributed by atoms with Crippen LogP contribution >= 0.6 is 0 Å². The summed E-state index contributed by atoms with van der Waals surface area (Å²) in [5, 5.41) is 0. The minimum atomic E-state index is -3.19. The summed E-state index contributed by atoms with van der Waals surface area (Å²) in [5.74, 6) is 0.0489. The molecule has 2 aromatic rings. The quantitative estimate of drug-likeness (QED) is 0.828. The topological polar surface area (TPSA) is 57.7 Å². The van der Waals surface area contributed by atoms with Crippen molar-refractivity contribution in [3.05, 3.63) is 60.2 Å². The average molecular weight is 372 g/mol. The number of nitrogens with zero attached hydrogens (tertiary/aromatic N) is 2. The van der Waals surface area contributed by atoms with Crippen molar-refractivity contribution in [3.8, 4) is 11.1 Å². The van der Waals surface area contributed by atoms with Crippen LogP contribution in [0, 0.1) is 0 Å². The molecule has 26 heavy (non-hydrogen) atoms. The first-order valence-corrected chi connectivity index (χ1v) is 10.7. The molecule has 0 radical (unpaired) electrons. The molecule has 6 heteroatoms. The number of carbonyl (C=O) groups excluding carboxylic acids is 1. The Morgan fingerprint density at radius 1 is 0.885 bits per heavy atom. The summed E-state index contributed by atoms with van der Waals surface area (Å²) in [4.78, 5) is 14.4. The van der Waals surface area contributed by atoms with Gasteiger partial charge in [-0.1, -0.05) is 54.6 Å². The van der Waals surface area contributed by atoms with Gasteiger partial charge in [0.25, 0.3) is 0 Å². The van der Waals surface area contributed by atoms with Crippen molar-refractivity contribution in [2.45, 2.75) is 12.8 Å². The lowest BCUT2D eigenvalue weighted by atomic mass is 10.0. The fourth-order valence-electron chi connectivity index (χ4n) is 3.21. The van der Waals surface area contributed by atoms with Crippen LogP contribution in [-0.2, 0) is 21.2 Å². The number of carbonyl (C=O) groups is 1. The lowest BCUT2D eigenvalue weighted by molar-refractivity contribution is -0.130. The molecule has 0 bridgehead atoms. The molecule has 0 aromatic heterocycles. The third-order valence-corrected chi connectivity index (χ3v) is 6.00. The highest BCUT2D eigenvalue weighted by Gasteiger charge is 2.23. The van der Waals surface area contributed by atoms with Gasteiger partial charge in [-0.2, -0.15) is 0 Å². The van der Waals surface area contributed by atoms with Crippen molar-refractivity contribution in [2.24, 2.45) is 0 Å². The van der Waals surface area contributed by atoms with E-state index >= 15 is 0 Å². The van der Waals surface area contributed by atoms with Crippen LogP contribution in [0.3, 0.4) is 0 Å². The number of rotatable bonds is 4. The average Bonchev–Trinajstić information content (AvgIpc) is 2.89. The summed E-state index contributed by atoms with van der Waals surface area (Å²) in [7, 11) is -3.19. The van der Waals surface area contributed by atoms with E-state index in [1.54, 1.807) is 4.90 Å². The highest BCUT2D eigenvalue weighted by atomic mass is 32.2. The zero-order valence-corrected chi connectivity index (χ0v) is 15.8. The van der Waals surface area contributed by atoms with E-state index in [1.165, 1.54) is 10.6 Å². The van der Waals surface area contributed by atoms with Crippen LogP contribution in [0.2, 0.25) is 0 Å². The zero-order valence-electron chi connectivity index (χ0n) is 15.0. The van der Waals surface area contributed by atoms with E-state index in [0.717, 1.165) is 16.7 Å². The van der Waals surface area contributed by atoms with Gasteiger partial charge in [-0.15, -0.1) is 0 Å². The van der Waals surface area contributed by atoms with Crippen LogP contribution in [-0.4, -0.2) is 56.0 Å². The summed E-state index contributed by atoms with van der Waals surface area (Å²) < 4.78 is 24.8. The molecule has 1 heterocycles. The summed E-state index contributed by atoms with van der Waals surface area (Å²) >= 11 is 0. The van der Waals surface area contributed by atoms with Gasteiger partial charge in [0.15, 0.2) is 0 Å². The molecule has 1 aliphatic heterocycles. The molecule has 1 fully saturated rings. The Balaban J connectivity index is 1.61. The molecule has 2 aromatic carbocycles. The fourth-order valence-corrected chi connectivity index (χ4v) is 4.08. The van der Waals surface area contributed by atoms with Crippen LogP contribution in [0.15, 0.2) is 54.6 Å². The smallest absolute Gasteiger partial charge is 0.227 e. The Bertz CT molecular complexity index is 848. The van der Waals surface area contributed by atoms with Crippen LogP contribution in [0.4, 0.5) is 0 Å². The molecular formula is C20H24N2O3S. The van der Waals surface area contributed by atoms with E-state index in [0.29, 0.717) is 39.0 Å². The molecule has 0 atom stereocenters. The summed E-state index contributed by atoms with van der Waals surface area (Å²) in [5.41, 5.74) is 3.25. The van der Waals surface area contributed by atoms with Crippen molar-refractivity contribution < 1.29 is 13.2 Å². The highest BCUT2D eigenvalue weighted by molar-refractivity contribution is 7.88. The zero-order chi connectivity index (χ0) is 18.6. The number of hydrogen-bond donors (Lipinski definition) is 0. The van der Waals surface area contributed by atoms with Crippen LogP contribution in [0.5, 0.6) is 0 Å². The number of sulfonamides is 1. The molecule has 1 amide bonds. The van der Waals surface area contributed by atoms with Crippen molar-refractivity contribution >= 4 is 15.9 Å². The summed E-state index contributed by atoms with van der Waals surface area (Å²) in [6, 6.07) is 18.2. The van der Waals surface area contributed by atoms with E-state index in [-0.39, 0.29) is 5.91 Å². The van der Waals surface area contributed by atoms with Gasteiger partial charge in [-0.05, 0) is 23.1 Å². The van der Waals surface area contributed by atoms with Gasteiger partial charge >= 0.3 is 0 Å². The van der Waals surface area contributed by atoms with Crippen molar-refractivity contribution in [2.75, 3.05) is 32.4 Å². The summed E-state index contributed by atoms with van der Waals surface area (Å²) in [6.07, 6.45) is 2.23. The number of benzene rings is 2. The molecule has 0 N–H and O–H groups in total. The maximum atomic E-state index is 12.6. The third-order valence-electron chi connectivity index (χ3n) is 4.69. The Hall–Kier alpha value is -2.18. The molecular weight excluding hydrogens is 348 g/mol. The van der Waals surface area contributed by atoms with Crippen LogP contribution in [0.25, 0.3) is 11.1 Å². The predicted molar refractivity (Wildman–Crippen MR) is 103 cm³/mol. The first kappa shape index (κ1) is 18.6. The Morgan fingerprint density at radius 3 is 2.19 bits per heavy atom. The molecule has 0 aliphatic carbocycles. The van der Waals surface area contributed by atoms with E-state index in [4.69, 9.17) is 0 Å². The van der Waals surface area contributed by atoms with Crippen molar-refractivity contribution in [1.29, 1.82) is 0 Å². The lowest BCUT2D eigenvalue weighted by Gasteiger charge is -2.21. The normalized spacial score (nSPS) is 16.3. The fraction of sp³-hybridized carbons (Fsp3) is 0.350. The van der Waals surface area contributed by atoms with E-state index in [9.17, 15) is 13.2 Å². The molecule has 3 rings (SSSR count). The molecule has 0 unspecified atom stereocenters. The molecule has 1 saturated heterocycles. The monoisotopic (exact) mass is 372 g/mol. The van der Waals surface area contributed by atoms with Gasteiger partial charge in [0.2, 0.25) is 15.9 Å². The van der Waals surface area contributed by atoms with E-state index in [2.05, 4.69) is 12.1 Å². The van der Waals surface area contributed by atoms with Gasteiger partial charge in [0.1, 0.15) is 0 Å².